The standard InChI is InChI=1S/C23H14Cl2N4O3S/c24-15-4-8-18(17(25)10-15)26-22(30)21-12-33-23(27-21)14-2-5-16(6-3-14)31-11-13-1-7-19-20(9-13)29-32-28-19/h1-10,12H,11H2,(H,26,30). The number of fused-ring (bicyclic) bond motifs is 1. The number of nitrogens with zero attached hydrogens (tertiary/aromatic N) is 3. The molecule has 0 bridgehead atoms. The van der Waals surface area contributed by atoms with Crippen molar-refractivity contribution in [3.63, 3.8) is 0 Å². The number of hydrogen-bond acceptors (Lipinski definition) is 7. The molecule has 2 aromatic heterocycles. The van der Waals surface area contributed by atoms with Gasteiger partial charge in [0.25, 0.3) is 5.91 Å². The lowest BCUT2D eigenvalue weighted by Crippen LogP contribution is -2.12. The van der Waals surface area contributed by atoms with Crippen molar-refractivity contribution >= 4 is 57.2 Å². The van der Waals surface area contributed by atoms with Gasteiger partial charge in [0, 0.05) is 16.0 Å². The van der Waals surface area contributed by atoms with Crippen molar-refractivity contribution in [3.8, 4) is 16.3 Å². The lowest BCUT2D eigenvalue weighted by Gasteiger charge is -2.07. The van der Waals surface area contributed by atoms with Crippen LogP contribution in [0.3, 0.4) is 0 Å². The van der Waals surface area contributed by atoms with Crippen LogP contribution in [0.1, 0.15) is 16.1 Å². The average molecular weight is 497 g/mol. The van der Waals surface area contributed by atoms with Crippen molar-refractivity contribution < 1.29 is 14.2 Å². The summed E-state index contributed by atoms with van der Waals surface area (Å²) in [5, 5.41) is 13.7. The molecule has 0 fully saturated rings. The largest absolute Gasteiger partial charge is 0.489 e. The predicted molar refractivity (Wildman–Crippen MR) is 128 cm³/mol. The van der Waals surface area contributed by atoms with Gasteiger partial charge in [-0.05, 0) is 70.5 Å². The Morgan fingerprint density at radius 3 is 2.64 bits per heavy atom. The summed E-state index contributed by atoms with van der Waals surface area (Å²) >= 11 is 13.4. The van der Waals surface area contributed by atoms with Crippen molar-refractivity contribution in [2.75, 3.05) is 5.32 Å². The van der Waals surface area contributed by atoms with E-state index in [0.29, 0.717) is 44.8 Å². The van der Waals surface area contributed by atoms with Gasteiger partial charge in [-0.2, -0.15) is 0 Å². The van der Waals surface area contributed by atoms with Gasteiger partial charge in [0.1, 0.15) is 34.1 Å². The van der Waals surface area contributed by atoms with Gasteiger partial charge in [0.2, 0.25) is 0 Å². The lowest BCUT2D eigenvalue weighted by molar-refractivity contribution is 0.102. The minimum absolute atomic E-state index is 0.305. The summed E-state index contributed by atoms with van der Waals surface area (Å²) < 4.78 is 10.6. The second-order valence-electron chi connectivity index (χ2n) is 7.02. The number of anilines is 1. The molecular weight excluding hydrogens is 483 g/mol. The summed E-state index contributed by atoms with van der Waals surface area (Å²) in [5.74, 6) is 0.366. The van der Waals surface area contributed by atoms with Crippen LogP contribution in [0.4, 0.5) is 5.69 Å². The molecule has 33 heavy (non-hydrogen) atoms. The molecule has 2 heterocycles. The van der Waals surface area contributed by atoms with E-state index in [2.05, 4.69) is 20.6 Å². The van der Waals surface area contributed by atoms with Crippen LogP contribution in [0.25, 0.3) is 21.6 Å². The highest BCUT2D eigenvalue weighted by Crippen LogP contribution is 2.28. The first-order valence-electron chi connectivity index (χ1n) is 9.71. The van der Waals surface area contributed by atoms with E-state index in [4.69, 9.17) is 32.6 Å². The van der Waals surface area contributed by atoms with Crippen LogP contribution in [0.15, 0.2) is 70.7 Å². The fourth-order valence-electron chi connectivity index (χ4n) is 3.07. The first kappa shape index (κ1) is 21.4. The van der Waals surface area contributed by atoms with Crippen LogP contribution in [-0.2, 0) is 6.61 Å². The third-order valence-electron chi connectivity index (χ3n) is 4.74. The smallest absolute Gasteiger partial charge is 0.275 e. The number of ether oxygens (including phenoxy) is 1. The van der Waals surface area contributed by atoms with E-state index >= 15 is 0 Å². The maximum Gasteiger partial charge on any atom is 0.275 e. The third-order valence-corrected chi connectivity index (χ3v) is 6.18. The molecule has 164 valence electrons. The fraction of sp³-hybridized carbons (Fsp3) is 0.0435. The zero-order valence-corrected chi connectivity index (χ0v) is 19.1. The molecule has 0 spiro atoms. The summed E-state index contributed by atoms with van der Waals surface area (Å²) in [5.41, 5.74) is 4.01. The van der Waals surface area contributed by atoms with Gasteiger partial charge in [-0.25, -0.2) is 9.61 Å². The number of amides is 1. The molecule has 5 aromatic rings. The third kappa shape index (κ3) is 4.83. The second-order valence-corrected chi connectivity index (χ2v) is 8.72. The van der Waals surface area contributed by atoms with Crippen LogP contribution in [-0.4, -0.2) is 21.2 Å². The zero-order chi connectivity index (χ0) is 22.8. The summed E-state index contributed by atoms with van der Waals surface area (Å²) in [6.07, 6.45) is 0. The fourth-order valence-corrected chi connectivity index (χ4v) is 4.33. The van der Waals surface area contributed by atoms with Crippen molar-refractivity contribution in [3.05, 3.63) is 87.3 Å². The Labute approximate surface area is 201 Å². The van der Waals surface area contributed by atoms with Gasteiger partial charge in [-0.3, -0.25) is 4.79 Å². The molecule has 0 unspecified atom stereocenters. The molecule has 3 aromatic carbocycles. The second kappa shape index (κ2) is 9.19. The molecule has 0 atom stereocenters. The number of carbonyl (C=O) groups excluding carboxylic acids is 1. The topological polar surface area (TPSA) is 90.1 Å². The predicted octanol–water partition coefficient (Wildman–Crippen LogP) is 6.48. The summed E-state index contributed by atoms with van der Waals surface area (Å²) in [7, 11) is 0. The number of rotatable bonds is 6. The maximum atomic E-state index is 12.5. The number of nitrogens with one attached hydrogen (secondary N) is 1. The van der Waals surface area contributed by atoms with E-state index in [9.17, 15) is 4.79 Å². The number of benzene rings is 3. The first-order chi connectivity index (χ1) is 16.0. The SMILES string of the molecule is O=C(Nc1ccc(Cl)cc1Cl)c1csc(-c2ccc(OCc3ccc4nonc4c3)cc2)n1. The molecule has 1 amide bonds. The van der Waals surface area contributed by atoms with Crippen LogP contribution < -0.4 is 10.1 Å². The first-order valence-corrected chi connectivity index (χ1v) is 11.3. The summed E-state index contributed by atoms with van der Waals surface area (Å²) in [6.45, 7) is 0.386. The van der Waals surface area contributed by atoms with Gasteiger partial charge < -0.3 is 10.1 Å². The molecule has 0 aliphatic rings. The van der Waals surface area contributed by atoms with Gasteiger partial charge in [0.15, 0.2) is 0 Å². The highest BCUT2D eigenvalue weighted by molar-refractivity contribution is 7.13. The molecule has 1 N–H and O–H groups in total. The normalized spacial score (nSPS) is 11.0. The Hall–Kier alpha value is -3.46. The monoisotopic (exact) mass is 496 g/mol. The number of carbonyl (C=O) groups is 1. The Balaban J connectivity index is 1.23. The van der Waals surface area contributed by atoms with Gasteiger partial charge in [-0.15, -0.1) is 11.3 Å². The molecule has 0 saturated heterocycles. The lowest BCUT2D eigenvalue weighted by atomic mass is 10.2. The van der Waals surface area contributed by atoms with Crippen molar-refractivity contribution in [1.82, 2.24) is 15.3 Å². The van der Waals surface area contributed by atoms with Gasteiger partial charge in [0.05, 0.1) is 10.7 Å². The van der Waals surface area contributed by atoms with E-state index in [-0.39, 0.29) is 5.91 Å². The van der Waals surface area contributed by atoms with Crippen molar-refractivity contribution in [2.24, 2.45) is 0 Å². The van der Waals surface area contributed by atoms with E-state index in [1.165, 1.54) is 11.3 Å². The summed E-state index contributed by atoms with van der Waals surface area (Å²) in [6, 6.07) is 18.0. The molecule has 7 nitrogen and oxygen atoms in total. The number of halogens is 2. The Kier molecular flexibility index (Phi) is 5.95. The van der Waals surface area contributed by atoms with Crippen molar-refractivity contribution in [2.45, 2.75) is 6.61 Å². The molecule has 0 aliphatic carbocycles. The zero-order valence-electron chi connectivity index (χ0n) is 16.8. The summed E-state index contributed by atoms with van der Waals surface area (Å²) in [4.78, 5) is 17.0. The molecular formula is C23H14Cl2N4O3S. The van der Waals surface area contributed by atoms with E-state index in [1.807, 2.05) is 42.5 Å². The van der Waals surface area contributed by atoms with E-state index in [0.717, 1.165) is 16.1 Å². The van der Waals surface area contributed by atoms with Gasteiger partial charge in [-0.1, -0.05) is 29.3 Å². The average Bonchev–Trinajstić information content (AvgIpc) is 3.49. The van der Waals surface area contributed by atoms with Gasteiger partial charge >= 0.3 is 0 Å². The minimum Gasteiger partial charge on any atom is -0.489 e. The highest BCUT2D eigenvalue weighted by Gasteiger charge is 2.14. The van der Waals surface area contributed by atoms with Crippen LogP contribution in [0, 0.1) is 0 Å². The molecule has 0 radical (unpaired) electrons. The Bertz CT molecular complexity index is 1450. The maximum absolute atomic E-state index is 12.5. The molecule has 0 saturated carbocycles. The Morgan fingerprint density at radius 2 is 1.82 bits per heavy atom. The van der Waals surface area contributed by atoms with Crippen LogP contribution >= 0.6 is 34.5 Å². The quantitative estimate of drug-likeness (QED) is 0.289. The van der Waals surface area contributed by atoms with Crippen LogP contribution in [0.2, 0.25) is 10.0 Å². The van der Waals surface area contributed by atoms with E-state index < -0.39 is 0 Å². The molecule has 0 aliphatic heterocycles. The van der Waals surface area contributed by atoms with Crippen molar-refractivity contribution in [1.29, 1.82) is 0 Å². The Morgan fingerprint density at radius 1 is 1.00 bits per heavy atom. The highest BCUT2D eigenvalue weighted by atomic mass is 35.5. The molecule has 5 rings (SSSR count). The minimum atomic E-state index is -0.346. The van der Waals surface area contributed by atoms with Crippen LogP contribution in [0.5, 0.6) is 5.75 Å². The molecule has 10 heteroatoms. The number of thiazole rings is 1. The van der Waals surface area contributed by atoms with E-state index in [1.54, 1.807) is 23.6 Å². The number of hydrogen-bond donors (Lipinski definition) is 1. The number of aromatic nitrogens is 3.